The minimum Gasteiger partial charge on any atom is -0.475 e. The van der Waals surface area contributed by atoms with Crippen molar-refractivity contribution in [1.82, 2.24) is 0 Å². The van der Waals surface area contributed by atoms with Crippen LogP contribution in [-0.4, -0.2) is 18.6 Å². The van der Waals surface area contributed by atoms with Crippen LogP contribution in [0.5, 0.6) is 5.75 Å². The summed E-state index contributed by atoms with van der Waals surface area (Å²) in [6.45, 7) is 0.101. The number of halogens is 2. The highest BCUT2D eigenvalue weighted by atomic mass is 35.5. The number of carbonyl (C=O) groups excluding carboxylic acids is 1. The number of nitrogens with two attached hydrogens (primary N) is 1. The van der Waals surface area contributed by atoms with Crippen molar-refractivity contribution in [2.24, 2.45) is 5.73 Å². The highest BCUT2D eigenvalue weighted by molar-refractivity contribution is 6.36. The lowest BCUT2D eigenvalue weighted by molar-refractivity contribution is -0.123. The molecule has 1 aromatic carbocycles. The van der Waals surface area contributed by atoms with Crippen molar-refractivity contribution in [2.45, 2.75) is 6.10 Å². The molecule has 0 aromatic heterocycles. The van der Waals surface area contributed by atoms with Crippen molar-refractivity contribution in [3.63, 3.8) is 0 Å². The predicted molar refractivity (Wildman–Crippen MR) is 58.6 cm³/mol. The van der Waals surface area contributed by atoms with Gasteiger partial charge < -0.3 is 15.8 Å². The number of hydrogen-bond acceptors (Lipinski definition) is 3. The third-order valence-corrected chi connectivity index (χ3v) is 2.53. The second-order valence-electron chi connectivity index (χ2n) is 3.10. The van der Waals surface area contributed by atoms with Crippen LogP contribution in [0.2, 0.25) is 10.0 Å². The largest absolute Gasteiger partial charge is 0.475 e. The molecule has 1 atom stereocenters. The zero-order valence-corrected chi connectivity index (χ0v) is 9.10. The zero-order chi connectivity index (χ0) is 11.0. The summed E-state index contributed by atoms with van der Waals surface area (Å²) in [4.78, 5) is 11.4. The molecule has 6 heteroatoms. The van der Waals surface area contributed by atoms with E-state index in [0.717, 1.165) is 0 Å². The number of amides is 1. The van der Waals surface area contributed by atoms with Gasteiger partial charge in [-0.05, 0) is 12.1 Å². The van der Waals surface area contributed by atoms with Crippen molar-refractivity contribution in [3.8, 4) is 5.75 Å². The van der Waals surface area contributed by atoms with Gasteiger partial charge in [0.15, 0.2) is 11.9 Å². The molecule has 2 rings (SSSR count). The van der Waals surface area contributed by atoms with Gasteiger partial charge in [-0.15, -0.1) is 0 Å². The second kappa shape index (κ2) is 3.89. The fraction of sp³-hybridized carbons (Fsp3) is 0.222. The molecule has 1 amide bonds. The molecule has 1 aliphatic heterocycles. The molecule has 0 fully saturated rings. The van der Waals surface area contributed by atoms with Gasteiger partial charge in [-0.3, -0.25) is 4.79 Å². The smallest absolute Gasteiger partial charge is 0.266 e. The molecule has 15 heavy (non-hydrogen) atoms. The lowest BCUT2D eigenvalue weighted by Gasteiger charge is -2.25. The SMILES string of the molecule is NCC1Oc2c(Cl)cc(Cl)cc2NC1=O. The molecule has 0 radical (unpaired) electrons. The van der Waals surface area contributed by atoms with Gasteiger partial charge >= 0.3 is 0 Å². The predicted octanol–water partition coefficient (Wildman–Crippen LogP) is 1.65. The summed E-state index contributed by atoms with van der Waals surface area (Å²) in [6, 6.07) is 3.13. The molecular weight excluding hydrogens is 239 g/mol. The number of benzene rings is 1. The van der Waals surface area contributed by atoms with Crippen molar-refractivity contribution in [1.29, 1.82) is 0 Å². The Morgan fingerprint density at radius 3 is 2.87 bits per heavy atom. The molecule has 80 valence electrons. The Morgan fingerprint density at radius 2 is 2.20 bits per heavy atom. The van der Waals surface area contributed by atoms with Gasteiger partial charge in [0.1, 0.15) is 0 Å². The fourth-order valence-corrected chi connectivity index (χ4v) is 1.88. The van der Waals surface area contributed by atoms with E-state index in [1.165, 1.54) is 0 Å². The normalized spacial score (nSPS) is 19.1. The number of nitrogens with one attached hydrogen (secondary N) is 1. The monoisotopic (exact) mass is 246 g/mol. The molecule has 0 saturated heterocycles. The Labute approximate surface area is 96.3 Å². The number of carbonyl (C=O) groups is 1. The molecule has 0 saturated carbocycles. The number of rotatable bonds is 1. The van der Waals surface area contributed by atoms with Gasteiger partial charge in [-0.25, -0.2) is 0 Å². The maximum atomic E-state index is 11.4. The Kier molecular flexibility index (Phi) is 2.73. The first kappa shape index (κ1) is 10.5. The first-order valence-corrected chi connectivity index (χ1v) is 5.04. The van der Waals surface area contributed by atoms with E-state index in [4.69, 9.17) is 33.7 Å². The molecule has 3 N–H and O–H groups in total. The molecule has 1 aliphatic rings. The molecule has 0 bridgehead atoms. The van der Waals surface area contributed by atoms with E-state index >= 15 is 0 Å². The third kappa shape index (κ3) is 1.88. The molecular formula is C9H8Cl2N2O2. The second-order valence-corrected chi connectivity index (χ2v) is 3.94. The standard InChI is InChI=1S/C9H8Cl2N2O2/c10-4-1-5(11)8-6(2-4)13-9(14)7(3-12)15-8/h1-2,7H,3,12H2,(H,13,14). The highest BCUT2D eigenvalue weighted by Crippen LogP contribution is 2.38. The Morgan fingerprint density at radius 1 is 1.47 bits per heavy atom. The molecule has 4 nitrogen and oxygen atoms in total. The first-order valence-electron chi connectivity index (χ1n) is 4.28. The van der Waals surface area contributed by atoms with E-state index in [-0.39, 0.29) is 12.5 Å². The average Bonchev–Trinajstić information content (AvgIpc) is 2.16. The summed E-state index contributed by atoms with van der Waals surface area (Å²) >= 11 is 11.7. The van der Waals surface area contributed by atoms with E-state index in [2.05, 4.69) is 5.32 Å². The topological polar surface area (TPSA) is 64.3 Å². The van der Waals surface area contributed by atoms with E-state index in [1.54, 1.807) is 12.1 Å². The first-order chi connectivity index (χ1) is 7.11. The van der Waals surface area contributed by atoms with Gasteiger partial charge in [0.2, 0.25) is 0 Å². The van der Waals surface area contributed by atoms with Crippen LogP contribution in [0.3, 0.4) is 0 Å². The van der Waals surface area contributed by atoms with Gasteiger partial charge in [0.05, 0.1) is 10.7 Å². The number of fused-ring (bicyclic) bond motifs is 1. The van der Waals surface area contributed by atoms with Crippen LogP contribution in [0.15, 0.2) is 12.1 Å². The minimum atomic E-state index is -0.698. The van der Waals surface area contributed by atoms with Crippen molar-refractivity contribution < 1.29 is 9.53 Å². The quantitative estimate of drug-likeness (QED) is 0.793. The Hall–Kier alpha value is -0.970. The number of ether oxygens (including phenoxy) is 1. The van der Waals surface area contributed by atoms with Gasteiger partial charge in [0, 0.05) is 11.6 Å². The van der Waals surface area contributed by atoms with Crippen LogP contribution in [0.4, 0.5) is 5.69 Å². The van der Waals surface area contributed by atoms with Gasteiger partial charge in [0.25, 0.3) is 5.91 Å². The van der Waals surface area contributed by atoms with Crippen LogP contribution in [-0.2, 0) is 4.79 Å². The lowest BCUT2D eigenvalue weighted by atomic mass is 10.2. The number of anilines is 1. The van der Waals surface area contributed by atoms with Crippen molar-refractivity contribution in [2.75, 3.05) is 11.9 Å². The minimum absolute atomic E-state index is 0.101. The van der Waals surface area contributed by atoms with Crippen LogP contribution in [0, 0.1) is 0 Å². The lowest BCUT2D eigenvalue weighted by Crippen LogP contribution is -2.42. The van der Waals surface area contributed by atoms with Crippen LogP contribution in [0.1, 0.15) is 0 Å². The maximum Gasteiger partial charge on any atom is 0.266 e. The zero-order valence-electron chi connectivity index (χ0n) is 7.59. The van der Waals surface area contributed by atoms with Crippen LogP contribution >= 0.6 is 23.2 Å². The summed E-state index contributed by atoms with van der Waals surface area (Å²) in [5.41, 5.74) is 5.85. The molecule has 1 heterocycles. The van der Waals surface area contributed by atoms with Gasteiger partial charge in [-0.1, -0.05) is 23.2 Å². The van der Waals surface area contributed by atoms with Gasteiger partial charge in [-0.2, -0.15) is 0 Å². The van der Waals surface area contributed by atoms with Crippen molar-refractivity contribution >= 4 is 34.8 Å². The number of hydrogen-bond donors (Lipinski definition) is 2. The third-order valence-electron chi connectivity index (χ3n) is 2.03. The van der Waals surface area contributed by atoms with E-state index < -0.39 is 6.10 Å². The summed E-state index contributed by atoms with van der Waals surface area (Å²) < 4.78 is 5.35. The highest BCUT2D eigenvalue weighted by Gasteiger charge is 2.28. The molecule has 0 aliphatic carbocycles. The molecule has 1 aromatic rings. The summed E-state index contributed by atoms with van der Waals surface area (Å²) in [6.07, 6.45) is -0.698. The average molecular weight is 247 g/mol. The van der Waals surface area contributed by atoms with E-state index in [1.807, 2.05) is 0 Å². The fourth-order valence-electron chi connectivity index (χ4n) is 1.34. The Bertz CT molecular complexity index is 423. The Balaban J connectivity index is 2.45. The maximum absolute atomic E-state index is 11.4. The summed E-state index contributed by atoms with van der Waals surface area (Å²) in [5.74, 6) is 0.124. The van der Waals surface area contributed by atoms with Crippen LogP contribution < -0.4 is 15.8 Å². The van der Waals surface area contributed by atoms with E-state index in [0.29, 0.717) is 21.5 Å². The van der Waals surface area contributed by atoms with E-state index in [9.17, 15) is 4.79 Å². The summed E-state index contributed by atoms with van der Waals surface area (Å²) in [5, 5.41) is 3.43. The molecule has 1 unspecified atom stereocenters. The summed E-state index contributed by atoms with van der Waals surface area (Å²) in [7, 11) is 0. The molecule has 0 spiro atoms. The van der Waals surface area contributed by atoms with Crippen molar-refractivity contribution in [3.05, 3.63) is 22.2 Å². The van der Waals surface area contributed by atoms with Crippen LogP contribution in [0.25, 0.3) is 0 Å².